The summed E-state index contributed by atoms with van der Waals surface area (Å²) < 4.78 is 34.4. The first-order chi connectivity index (χ1) is 21.7. The molecule has 1 aliphatic rings. The number of carbonyl (C=O) groups is 1. The minimum Gasteiger partial charge on any atom is -0.497 e. The van der Waals surface area contributed by atoms with Gasteiger partial charge < -0.3 is 38.6 Å². The highest BCUT2D eigenvalue weighted by Gasteiger charge is 2.43. The Kier molecular flexibility index (Phi) is 14.0. The molecule has 1 fully saturated rings. The van der Waals surface area contributed by atoms with Crippen LogP contribution in [0, 0.1) is 5.92 Å². The number of methoxy groups -OCH3 is 2. The number of carbonyl (C=O) groups excluding carboxylic acids is 1. The lowest BCUT2D eigenvalue weighted by atomic mass is 9.93. The number of ether oxygens (including phenoxy) is 6. The molecule has 2 unspecified atom stereocenters. The molecular weight excluding hydrogens is 604 g/mol. The van der Waals surface area contributed by atoms with E-state index in [1.165, 1.54) is 7.11 Å². The fourth-order valence-electron chi connectivity index (χ4n) is 5.15. The van der Waals surface area contributed by atoms with E-state index in [4.69, 9.17) is 28.4 Å². The van der Waals surface area contributed by atoms with E-state index >= 15 is 0 Å². The minimum atomic E-state index is -1.41. The molecule has 1 saturated heterocycles. The maximum atomic E-state index is 13.4. The highest BCUT2D eigenvalue weighted by atomic mass is 28.3. The summed E-state index contributed by atoms with van der Waals surface area (Å²) in [6.45, 7) is 12.3. The predicted molar refractivity (Wildman–Crippen MR) is 182 cm³/mol. The van der Waals surface area contributed by atoms with Crippen molar-refractivity contribution in [1.82, 2.24) is 0 Å². The van der Waals surface area contributed by atoms with Crippen LogP contribution in [0.1, 0.15) is 48.7 Å². The zero-order valence-corrected chi connectivity index (χ0v) is 29.5. The van der Waals surface area contributed by atoms with Crippen LogP contribution in [0.25, 0.3) is 6.08 Å². The molecular formula is C36H52O9Si. The Bertz CT molecular complexity index is 1300. The van der Waals surface area contributed by atoms with E-state index in [9.17, 15) is 15.0 Å². The summed E-state index contributed by atoms with van der Waals surface area (Å²) >= 11 is 0. The standard InChI is InChI=1S/C36H52O9Si/c1-25(37)27(21-26-13-10-9-11-14-26)17-18-30(38)34-31(44-36(2,3)45-34)16-12-15-28-22-29(41-5)23-32(43-24-40-4)33(28)35(39)42-19-20-46(6,7)8/h9-15,17-18,22-23,25,27,30-31,34,37-38H,16,19-21,24H2,1-8H3/b15-12+,18-17-/t25-,27?,30?,31-,34+/m0/s1. The lowest BCUT2D eigenvalue weighted by Gasteiger charge is -2.21. The molecule has 254 valence electrons. The van der Waals surface area contributed by atoms with Gasteiger partial charge in [-0.25, -0.2) is 4.79 Å². The second-order valence-corrected chi connectivity index (χ2v) is 19.0. The normalized spacial score (nSPS) is 20.1. The maximum Gasteiger partial charge on any atom is 0.342 e. The molecule has 2 N–H and O–H groups in total. The Morgan fingerprint density at radius 1 is 1.07 bits per heavy atom. The van der Waals surface area contributed by atoms with Crippen molar-refractivity contribution in [2.45, 2.75) is 89.5 Å². The van der Waals surface area contributed by atoms with Gasteiger partial charge in [-0.1, -0.05) is 74.3 Å². The third kappa shape index (κ3) is 11.7. The van der Waals surface area contributed by atoms with Crippen molar-refractivity contribution in [2.24, 2.45) is 5.92 Å². The SMILES string of the molecule is COCOc1cc(OC)cc(/C=C/C[C@@H]2OC(C)(C)O[C@@H]2C(O)/C=C\C(Cc2ccccc2)[C@H](C)O)c1C(=O)OCC[Si](C)(C)C. The van der Waals surface area contributed by atoms with Crippen LogP contribution in [0.2, 0.25) is 25.7 Å². The van der Waals surface area contributed by atoms with E-state index in [1.807, 2.05) is 56.3 Å². The third-order valence-corrected chi connectivity index (χ3v) is 9.38. The number of benzene rings is 2. The number of aliphatic hydroxyl groups is 2. The average Bonchev–Trinajstić information content (AvgIpc) is 3.31. The molecule has 9 nitrogen and oxygen atoms in total. The first-order valence-corrected chi connectivity index (χ1v) is 19.5. The zero-order chi connectivity index (χ0) is 33.9. The number of hydrogen-bond acceptors (Lipinski definition) is 9. The largest absolute Gasteiger partial charge is 0.497 e. The Labute approximate surface area is 275 Å². The van der Waals surface area contributed by atoms with E-state index in [0.717, 1.165) is 11.6 Å². The summed E-state index contributed by atoms with van der Waals surface area (Å²) in [5.41, 5.74) is 1.93. The monoisotopic (exact) mass is 656 g/mol. The van der Waals surface area contributed by atoms with Gasteiger partial charge in [0.1, 0.15) is 29.3 Å². The van der Waals surface area contributed by atoms with Crippen molar-refractivity contribution in [3.8, 4) is 11.5 Å². The maximum absolute atomic E-state index is 13.4. The van der Waals surface area contributed by atoms with Gasteiger partial charge in [0.2, 0.25) is 0 Å². The van der Waals surface area contributed by atoms with Crippen molar-refractivity contribution in [3.05, 3.63) is 77.4 Å². The van der Waals surface area contributed by atoms with Crippen LogP contribution in [0.4, 0.5) is 0 Å². The van der Waals surface area contributed by atoms with Gasteiger partial charge in [-0.05, 0) is 56.9 Å². The van der Waals surface area contributed by atoms with Crippen molar-refractivity contribution < 1.29 is 43.4 Å². The fourth-order valence-corrected chi connectivity index (χ4v) is 5.87. The van der Waals surface area contributed by atoms with Crippen molar-refractivity contribution in [3.63, 3.8) is 0 Å². The molecule has 46 heavy (non-hydrogen) atoms. The number of esters is 1. The first kappa shape index (κ1) is 37.5. The van der Waals surface area contributed by atoms with Crippen LogP contribution in [0.5, 0.6) is 11.5 Å². The minimum absolute atomic E-state index is 0.0534. The van der Waals surface area contributed by atoms with Crippen molar-refractivity contribution >= 4 is 20.1 Å². The molecule has 1 aliphatic heterocycles. The lowest BCUT2D eigenvalue weighted by molar-refractivity contribution is -0.152. The number of hydrogen-bond donors (Lipinski definition) is 2. The van der Waals surface area contributed by atoms with E-state index in [0.29, 0.717) is 36.5 Å². The summed E-state index contributed by atoms with van der Waals surface area (Å²) in [5, 5.41) is 21.6. The number of rotatable bonds is 17. The molecule has 3 rings (SSSR count). The van der Waals surface area contributed by atoms with Gasteiger partial charge in [0.15, 0.2) is 12.6 Å². The molecule has 0 spiro atoms. The Morgan fingerprint density at radius 3 is 2.41 bits per heavy atom. The van der Waals surface area contributed by atoms with Crippen LogP contribution >= 0.6 is 0 Å². The lowest BCUT2D eigenvalue weighted by Crippen LogP contribution is -2.34. The molecule has 0 amide bonds. The molecule has 0 aliphatic carbocycles. The highest BCUT2D eigenvalue weighted by molar-refractivity contribution is 6.76. The Hall–Kier alpha value is -2.99. The molecule has 2 aromatic carbocycles. The van der Waals surface area contributed by atoms with E-state index in [1.54, 1.807) is 38.3 Å². The van der Waals surface area contributed by atoms with Gasteiger partial charge >= 0.3 is 5.97 Å². The smallest absolute Gasteiger partial charge is 0.342 e. The summed E-state index contributed by atoms with van der Waals surface area (Å²) in [5.74, 6) is -0.782. The molecule has 0 bridgehead atoms. The summed E-state index contributed by atoms with van der Waals surface area (Å²) in [6, 6.07) is 14.2. The highest BCUT2D eigenvalue weighted by Crippen LogP contribution is 2.34. The summed E-state index contributed by atoms with van der Waals surface area (Å²) in [6.07, 6.45) is 5.53. The molecule has 0 radical (unpaired) electrons. The van der Waals surface area contributed by atoms with Crippen molar-refractivity contribution in [1.29, 1.82) is 0 Å². The van der Waals surface area contributed by atoms with Gasteiger partial charge in [0, 0.05) is 27.2 Å². The quantitative estimate of drug-likeness (QED) is 0.0883. The number of aliphatic hydroxyl groups excluding tert-OH is 2. The van der Waals surface area contributed by atoms with Crippen LogP contribution in [-0.4, -0.2) is 82.1 Å². The van der Waals surface area contributed by atoms with Crippen LogP contribution < -0.4 is 9.47 Å². The second kappa shape index (κ2) is 17.2. The van der Waals surface area contributed by atoms with Gasteiger partial charge in [0.25, 0.3) is 0 Å². The van der Waals surface area contributed by atoms with E-state index in [2.05, 4.69) is 19.6 Å². The topological polar surface area (TPSA) is 113 Å². The molecule has 0 aromatic heterocycles. The van der Waals surface area contributed by atoms with Crippen LogP contribution in [0.3, 0.4) is 0 Å². The van der Waals surface area contributed by atoms with E-state index in [-0.39, 0.29) is 18.3 Å². The summed E-state index contributed by atoms with van der Waals surface area (Å²) in [7, 11) is 1.64. The molecule has 1 heterocycles. The van der Waals surface area contributed by atoms with Gasteiger partial charge in [-0.15, -0.1) is 0 Å². The fraction of sp³-hybridized carbons (Fsp3) is 0.528. The van der Waals surface area contributed by atoms with Gasteiger partial charge in [-0.3, -0.25) is 0 Å². The molecule has 2 aromatic rings. The third-order valence-electron chi connectivity index (χ3n) is 7.68. The summed E-state index contributed by atoms with van der Waals surface area (Å²) in [4.78, 5) is 13.4. The van der Waals surface area contributed by atoms with Gasteiger partial charge in [0.05, 0.1) is 25.9 Å². The zero-order valence-electron chi connectivity index (χ0n) is 28.5. The second-order valence-electron chi connectivity index (χ2n) is 13.3. The molecule has 10 heteroatoms. The predicted octanol–water partition coefficient (Wildman–Crippen LogP) is 6.25. The van der Waals surface area contributed by atoms with Gasteiger partial charge in [-0.2, -0.15) is 0 Å². The van der Waals surface area contributed by atoms with E-state index < -0.39 is 44.2 Å². The van der Waals surface area contributed by atoms with Crippen LogP contribution in [-0.2, 0) is 25.4 Å². The Balaban J connectivity index is 1.82. The van der Waals surface area contributed by atoms with Crippen LogP contribution in [0.15, 0.2) is 60.7 Å². The average molecular weight is 657 g/mol. The molecule has 0 saturated carbocycles. The first-order valence-electron chi connectivity index (χ1n) is 15.8. The van der Waals surface area contributed by atoms with Crippen molar-refractivity contribution in [2.75, 3.05) is 27.6 Å². The Morgan fingerprint density at radius 2 is 1.78 bits per heavy atom. The molecule has 5 atom stereocenters.